The summed E-state index contributed by atoms with van der Waals surface area (Å²) >= 11 is 0. The first kappa shape index (κ1) is 9.33. The average molecular weight is 196 g/mol. The number of anilines is 2. The largest absolute Gasteiger partial charge is 0.393 e. The molecule has 0 unspecified atom stereocenters. The number of hydrogen-bond acceptors (Lipinski definition) is 4. The number of nitrogens with two attached hydrogens (primary N) is 1. The topological polar surface area (TPSA) is 87.0 Å². The van der Waals surface area contributed by atoms with Crippen LogP contribution in [0, 0.1) is 0 Å². The van der Waals surface area contributed by atoms with E-state index in [2.05, 4.69) is 15.5 Å². The van der Waals surface area contributed by atoms with Gasteiger partial charge in [-0.15, -0.1) is 0 Å². The Bertz CT molecular complexity index is 291. The molecule has 0 atom stereocenters. The number of rotatable bonds is 2. The second-order valence-electron chi connectivity index (χ2n) is 3.85. The molecule has 14 heavy (non-hydrogen) atoms. The monoisotopic (exact) mass is 196 g/mol. The fourth-order valence-corrected chi connectivity index (χ4v) is 1.85. The Morgan fingerprint density at radius 3 is 2.71 bits per heavy atom. The van der Waals surface area contributed by atoms with Crippen molar-refractivity contribution in [3.8, 4) is 0 Å². The molecule has 5 N–H and O–H groups in total. The van der Waals surface area contributed by atoms with Crippen LogP contribution in [-0.4, -0.2) is 27.4 Å². The van der Waals surface area contributed by atoms with Crippen molar-refractivity contribution in [2.24, 2.45) is 0 Å². The molecule has 0 bridgehead atoms. The number of nitrogens with zero attached hydrogens (tertiary/aromatic N) is 1. The summed E-state index contributed by atoms with van der Waals surface area (Å²) in [7, 11) is 0. The van der Waals surface area contributed by atoms with Crippen LogP contribution < -0.4 is 11.1 Å². The maximum atomic E-state index is 9.34. The predicted octanol–water partition coefficient (Wildman–Crippen LogP) is 0.707. The number of hydrogen-bond donors (Lipinski definition) is 4. The molecular formula is C9H16N4O. The number of nitrogens with one attached hydrogen (secondary N) is 2. The van der Waals surface area contributed by atoms with Crippen LogP contribution in [0.3, 0.4) is 0 Å². The molecule has 0 saturated heterocycles. The molecule has 0 amide bonds. The lowest BCUT2D eigenvalue weighted by Crippen LogP contribution is -2.28. The van der Waals surface area contributed by atoms with Crippen LogP contribution >= 0.6 is 0 Å². The van der Waals surface area contributed by atoms with Gasteiger partial charge in [0.15, 0.2) is 0 Å². The maximum absolute atomic E-state index is 9.34. The zero-order chi connectivity index (χ0) is 9.97. The van der Waals surface area contributed by atoms with Crippen LogP contribution in [0.25, 0.3) is 0 Å². The Morgan fingerprint density at radius 2 is 2.14 bits per heavy atom. The highest BCUT2D eigenvalue weighted by Crippen LogP contribution is 2.23. The zero-order valence-electron chi connectivity index (χ0n) is 8.03. The van der Waals surface area contributed by atoms with Crippen LogP contribution in [0.5, 0.6) is 0 Å². The lowest BCUT2D eigenvalue weighted by molar-refractivity contribution is 0.126. The van der Waals surface area contributed by atoms with Crippen molar-refractivity contribution in [2.45, 2.75) is 37.8 Å². The van der Waals surface area contributed by atoms with Gasteiger partial charge in [-0.1, -0.05) is 0 Å². The average Bonchev–Trinajstić information content (AvgIpc) is 2.56. The minimum Gasteiger partial charge on any atom is -0.393 e. The van der Waals surface area contributed by atoms with E-state index in [1.165, 1.54) is 0 Å². The summed E-state index contributed by atoms with van der Waals surface area (Å²) in [6, 6.07) is 0.415. The fourth-order valence-electron chi connectivity index (χ4n) is 1.85. The summed E-state index contributed by atoms with van der Waals surface area (Å²) in [4.78, 5) is 0. The van der Waals surface area contributed by atoms with Crippen molar-refractivity contribution in [3.05, 3.63) is 6.20 Å². The molecule has 1 aromatic rings. The number of nitrogen functional groups attached to an aromatic ring is 1. The second kappa shape index (κ2) is 3.88. The minimum atomic E-state index is -0.116. The first-order valence-corrected chi connectivity index (χ1v) is 4.99. The van der Waals surface area contributed by atoms with E-state index in [0.717, 1.165) is 31.4 Å². The van der Waals surface area contributed by atoms with Gasteiger partial charge in [-0.3, -0.25) is 5.10 Å². The third kappa shape index (κ3) is 1.98. The predicted molar refractivity (Wildman–Crippen MR) is 54.9 cm³/mol. The molecular weight excluding hydrogens is 180 g/mol. The highest BCUT2D eigenvalue weighted by Gasteiger charge is 2.19. The normalized spacial score (nSPS) is 27.5. The summed E-state index contributed by atoms with van der Waals surface area (Å²) < 4.78 is 0. The fraction of sp³-hybridized carbons (Fsp3) is 0.667. The maximum Gasteiger partial charge on any atom is 0.142 e. The molecule has 0 radical (unpaired) electrons. The summed E-state index contributed by atoms with van der Waals surface area (Å²) in [6.07, 6.45) is 5.30. The molecule has 1 saturated carbocycles. The smallest absolute Gasteiger partial charge is 0.142 e. The van der Waals surface area contributed by atoms with Gasteiger partial charge in [0.05, 0.1) is 18.0 Å². The highest BCUT2D eigenvalue weighted by atomic mass is 16.3. The van der Waals surface area contributed by atoms with Gasteiger partial charge >= 0.3 is 0 Å². The lowest BCUT2D eigenvalue weighted by Gasteiger charge is -2.26. The number of H-pyrrole nitrogens is 1. The van der Waals surface area contributed by atoms with E-state index in [9.17, 15) is 5.11 Å². The van der Waals surface area contributed by atoms with Crippen LogP contribution in [0.15, 0.2) is 6.20 Å². The third-order valence-electron chi connectivity index (χ3n) is 2.73. The SMILES string of the molecule is Nc1[nH]ncc1NC1CCC(O)CC1. The van der Waals surface area contributed by atoms with Crippen molar-refractivity contribution < 1.29 is 5.11 Å². The molecule has 78 valence electrons. The van der Waals surface area contributed by atoms with Crippen molar-refractivity contribution in [1.82, 2.24) is 10.2 Å². The Morgan fingerprint density at radius 1 is 1.43 bits per heavy atom. The van der Waals surface area contributed by atoms with Gasteiger partial charge in [0.2, 0.25) is 0 Å². The van der Waals surface area contributed by atoms with E-state index >= 15 is 0 Å². The molecule has 1 aliphatic carbocycles. The van der Waals surface area contributed by atoms with Crippen molar-refractivity contribution in [1.29, 1.82) is 0 Å². The highest BCUT2D eigenvalue weighted by molar-refractivity contribution is 5.60. The molecule has 2 rings (SSSR count). The molecule has 5 nitrogen and oxygen atoms in total. The van der Waals surface area contributed by atoms with Gasteiger partial charge in [-0.05, 0) is 25.7 Å². The van der Waals surface area contributed by atoms with E-state index in [0.29, 0.717) is 11.9 Å². The van der Waals surface area contributed by atoms with Gasteiger partial charge in [0.25, 0.3) is 0 Å². The molecule has 0 aliphatic heterocycles. The van der Waals surface area contributed by atoms with E-state index in [1.54, 1.807) is 6.20 Å². The Labute approximate surface area is 82.7 Å². The van der Waals surface area contributed by atoms with Crippen molar-refractivity contribution in [2.75, 3.05) is 11.1 Å². The van der Waals surface area contributed by atoms with Crippen LogP contribution in [0.1, 0.15) is 25.7 Å². The van der Waals surface area contributed by atoms with Crippen LogP contribution in [0.2, 0.25) is 0 Å². The van der Waals surface area contributed by atoms with Crippen LogP contribution in [-0.2, 0) is 0 Å². The van der Waals surface area contributed by atoms with E-state index in [4.69, 9.17) is 5.73 Å². The molecule has 0 spiro atoms. The van der Waals surface area contributed by atoms with Gasteiger partial charge in [-0.25, -0.2) is 0 Å². The lowest BCUT2D eigenvalue weighted by atomic mass is 9.93. The molecule has 1 fully saturated rings. The Hall–Kier alpha value is -1.23. The quantitative estimate of drug-likeness (QED) is 0.561. The molecule has 0 aromatic carbocycles. The number of aliphatic hydroxyl groups is 1. The molecule has 1 aliphatic rings. The van der Waals surface area contributed by atoms with E-state index < -0.39 is 0 Å². The first-order chi connectivity index (χ1) is 6.75. The molecule has 1 heterocycles. The van der Waals surface area contributed by atoms with Crippen LogP contribution in [0.4, 0.5) is 11.5 Å². The molecule has 5 heteroatoms. The second-order valence-corrected chi connectivity index (χ2v) is 3.85. The van der Waals surface area contributed by atoms with E-state index in [1.807, 2.05) is 0 Å². The summed E-state index contributed by atoms with van der Waals surface area (Å²) in [6.45, 7) is 0. The number of aromatic amines is 1. The van der Waals surface area contributed by atoms with Gasteiger partial charge < -0.3 is 16.2 Å². The number of aliphatic hydroxyl groups excluding tert-OH is 1. The standard InChI is InChI=1S/C9H16N4O/c10-9-8(5-11-13-9)12-6-1-3-7(14)4-2-6/h5-7,12,14H,1-4H2,(H3,10,11,13). The number of aromatic nitrogens is 2. The summed E-state index contributed by atoms with van der Waals surface area (Å²) in [5.41, 5.74) is 6.52. The molecule has 1 aromatic heterocycles. The Kier molecular flexibility index (Phi) is 2.58. The van der Waals surface area contributed by atoms with Crippen molar-refractivity contribution in [3.63, 3.8) is 0 Å². The van der Waals surface area contributed by atoms with Crippen molar-refractivity contribution >= 4 is 11.5 Å². The minimum absolute atomic E-state index is 0.116. The summed E-state index contributed by atoms with van der Waals surface area (Å²) in [5.74, 6) is 0.580. The van der Waals surface area contributed by atoms with Gasteiger partial charge in [0, 0.05) is 6.04 Å². The summed E-state index contributed by atoms with van der Waals surface area (Å²) in [5, 5.41) is 19.2. The van der Waals surface area contributed by atoms with Gasteiger partial charge in [-0.2, -0.15) is 5.10 Å². The van der Waals surface area contributed by atoms with Gasteiger partial charge in [0.1, 0.15) is 5.82 Å². The third-order valence-corrected chi connectivity index (χ3v) is 2.73. The van der Waals surface area contributed by atoms with E-state index in [-0.39, 0.29) is 6.10 Å². The zero-order valence-corrected chi connectivity index (χ0v) is 8.03. The Balaban J connectivity index is 1.89. The first-order valence-electron chi connectivity index (χ1n) is 4.99.